The zero-order chi connectivity index (χ0) is 9.10. The standard InChI is InChI=1S/C12H17N/c1-2-9-13-12-7-5-11(6-8-12)10-3-4-10/h5-8,10,13H,2-4,9H2,1H3. The van der Waals surface area contributed by atoms with Crippen LogP contribution < -0.4 is 5.32 Å². The van der Waals surface area contributed by atoms with Crippen molar-refractivity contribution in [1.29, 1.82) is 0 Å². The van der Waals surface area contributed by atoms with Gasteiger partial charge in [0, 0.05) is 12.2 Å². The van der Waals surface area contributed by atoms with Gasteiger partial charge in [-0.1, -0.05) is 19.1 Å². The molecule has 0 aromatic heterocycles. The van der Waals surface area contributed by atoms with E-state index in [9.17, 15) is 0 Å². The first-order valence-corrected chi connectivity index (χ1v) is 5.24. The van der Waals surface area contributed by atoms with E-state index in [1.807, 2.05) is 0 Å². The number of benzene rings is 1. The highest BCUT2D eigenvalue weighted by atomic mass is 14.9. The lowest BCUT2D eigenvalue weighted by molar-refractivity contribution is 0.979. The maximum absolute atomic E-state index is 3.38. The molecule has 1 fully saturated rings. The maximum Gasteiger partial charge on any atom is 0.0340 e. The third kappa shape index (κ3) is 2.24. The number of hydrogen-bond donors (Lipinski definition) is 1. The van der Waals surface area contributed by atoms with Gasteiger partial charge >= 0.3 is 0 Å². The zero-order valence-electron chi connectivity index (χ0n) is 8.22. The molecule has 0 heterocycles. The second-order valence-electron chi connectivity index (χ2n) is 3.82. The highest BCUT2D eigenvalue weighted by Crippen LogP contribution is 2.40. The molecule has 0 saturated heterocycles. The van der Waals surface area contributed by atoms with E-state index < -0.39 is 0 Å². The lowest BCUT2D eigenvalue weighted by Crippen LogP contribution is -1.99. The van der Waals surface area contributed by atoms with E-state index in [1.165, 1.54) is 30.5 Å². The molecular weight excluding hydrogens is 158 g/mol. The molecule has 1 aliphatic carbocycles. The van der Waals surface area contributed by atoms with Crippen molar-refractivity contribution in [3.63, 3.8) is 0 Å². The number of rotatable bonds is 4. The van der Waals surface area contributed by atoms with Gasteiger partial charge in [-0.2, -0.15) is 0 Å². The fraction of sp³-hybridized carbons (Fsp3) is 0.500. The number of nitrogens with one attached hydrogen (secondary N) is 1. The van der Waals surface area contributed by atoms with Crippen LogP contribution in [0.25, 0.3) is 0 Å². The van der Waals surface area contributed by atoms with Crippen LogP contribution in [-0.2, 0) is 0 Å². The lowest BCUT2D eigenvalue weighted by atomic mass is 10.1. The Kier molecular flexibility index (Phi) is 2.53. The zero-order valence-corrected chi connectivity index (χ0v) is 8.22. The predicted molar refractivity (Wildman–Crippen MR) is 57.2 cm³/mol. The molecule has 0 radical (unpaired) electrons. The average Bonchev–Trinajstić information content (AvgIpc) is 2.99. The van der Waals surface area contributed by atoms with Crippen molar-refractivity contribution in [2.24, 2.45) is 0 Å². The van der Waals surface area contributed by atoms with E-state index in [0.717, 1.165) is 12.5 Å². The Labute approximate surface area is 80.2 Å². The first kappa shape index (κ1) is 8.61. The summed E-state index contributed by atoms with van der Waals surface area (Å²) >= 11 is 0. The van der Waals surface area contributed by atoms with E-state index in [-0.39, 0.29) is 0 Å². The second-order valence-corrected chi connectivity index (χ2v) is 3.82. The summed E-state index contributed by atoms with van der Waals surface area (Å²) in [5, 5.41) is 3.38. The molecule has 1 nitrogen and oxygen atoms in total. The summed E-state index contributed by atoms with van der Waals surface area (Å²) in [5.41, 5.74) is 2.77. The molecule has 13 heavy (non-hydrogen) atoms. The van der Waals surface area contributed by atoms with Gasteiger partial charge in [0.05, 0.1) is 0 Å². The van der Waals surface area contributed by atoms with E-state index >= 15 is 0 Å². The summed E-state index contributed by atoms with van der Waals surface area (Å²) in [6.45, 7) is 3.26. The third-order valence-corrected chi connectivity index (χ3v) is 2.54. The molecule has 0 atom stereocenters. The molecule has 0 bridgehead atoms. The van der Waals surface area contributed by atoms with E-state index in [1.54, 1.807) is 0 Å². The summed E-state index contributed by atoms with van der Waals surface area (Å²) in [5.74, 6) is 0.875. The van der Waals surface area contributed by atoms with E-state index in [0.29, 0.717) is 0 Å². The summed E-state index contributed by atoms with van der Waals surface area (Å²) < 4.78 is 0. The molecule has 0 aliphatic heterocycles. The highest BCUT2D eigenvalue weighted by Gasteiger charge is 2.22. The molecule has 1 saturated carbocycles. The molecule has 1 aromatic rings. The van der Waals surface area contributed by atoms with Gasteiger partial charge in [0.2, 0.25) is 0 Å². The fourth-order valence-electron chi connectivity index (χ4n) is 1.56. The molecule has 1 N–H and O–H groups in total. The van der Waals surface area contributed by atoms with Crippen LogP contribution in [0.3, 0.4) is 0 Å². The van der Waals surface area contributed by atoms with Crippen molar-refractivity contribution in [2.75, 3.05) is 11.9 Å². The van der Waals surface area contributed by atoms with E-state index in [2.05, 4.69) is 36.5 Å². The molecule has 1 heteroatoms. The van der Waals surface area contributed by atoms with Gasteiger partial charge in [0.25, 0.3) is 0 Å². The van der Waals surface area contributed by atoms with Crippen LogP contribution in [0.1, 0.15) is 37.7 Å². The first-order valence-electron chi connectivity index (χ1n) is 5.24. The lowest BCUT2D eigenvalue weighted by Gasteiger charge is -2.05. The van der Waals surface area contributed by atoms with Crippen molar-refractivity contribution in [2.45, 2.75) is 32.1 Å². The number of hydrogen-bond acceptors (Lipinski definition) is 1. The van der Waals surface area contributed by atoms with Gasteiger partial charge in [-0.15, -0.1) is 0 Å². The molecule has 2 rings (SSSR count). The highest BCUT2D eigenvalue weighted by molar-refractivity contribution is 5.45. The molecule has 1 aliphatic rings. The molecule has 0 amide bonds. The van der Waals surface area contributed by atoms with Crippen LogP contribution in [0.2, 0.25) is 0 Å². The van der Waals surface area contributed by atoms with Gasteiger partial charge < -0.3 is 5.32 Å². The van der Waals surface area contributed by atoms with Crippen LogP contribution in [-0.4, -0.2) is 6.54 Å². The third-order valence-electron chi connectivity index (χ3n) is 2.54. The predicted octanol–water partition coefficient (Wildman–Crippen LogP) is 3.39. The molecule has 1 aromatic carbocycles. The van der Waals surface area contributed by atoms with Gasteiger partial charge in [-0.3, -0.25) is 0 Å². The van der Waals surface area contributed by atoms with Crippen molar-refractivity contribution in [1.82, 2.24) is 0 Å². The Bertz CT molecular complexity index is 259. The van der Waals surface area contributed by atoms with Crippen LogP contribution in [0.4, 0.5) is 5.69 Å². The van der Waals surface area contributed by atoms with Crippen LogP contribution in [0, 0.1) is 0 Å². The molecular formula is C12H17N. The van der Waals surface area contributed by atoms with Crippen molar-refractivity contribution >= 4 is 5.69 Å². The minimum atomic E-state index is 0.875. The summed E-state index contributed by atoms with van der Waals surface area (Å²) in [7, 11) is 0. The fourth-order valence-corrected chi connectivity index (χ4v) is 1.56. The van der Waals surface area contributed by atoms with Crippen molar-refractivity contribution < 1.29 is 0 Å². The molecule has 70 valence electrons. The molecule has 0 unspecified atom stereocenters. The van der Waals surface area contributed by atoms with Crippen molar-refractivity contribution in [3.05, 3.63) is 29.8 Å². The maximum atomic E-state index is 3.38. The van der Waals surface area contributed by atoms with E-state index in [4.69, 9.17) is 0 Å². The first-order chi connectivity index (χ1) is 6.40. The Morgan fingerprint density at radius 3 is 2.46 bits per heavy atom. The Hall–Kier alpha value is -0.980. The van der Waals surface area contributed by atoms with Gasteiger partial charge in [-0.05, 0) is 42.9 Å². The summed E-state index contributed by atoms with van der Waals surface area (Å²) in [6.07, 6.45) is 3.97. The SMILES string of the molecule is CCCNc1ccc(C2CC2)cc1. The minimum absolute atomic E-state index is 0.875. The number of anilines is 1. The smallest absolute Gasteiger partial charge is 0.0340 e. The van der Waals surface area contributed by atoms with Gasteiger partial charge in [-0.25, -0.2) is 0 Å². The second kappa shape index (κ2) is 3.82. The summed E-state index contributed by atoms with van der Waals surface area (Å²) in [4.78, 5) is 0. The van der Waals surface area contributed by atoms with Crippen molar-refractivity contribution in [3.8, 4) is 0 Å². The largest absolute Gasteiger partial charge is 0.385 e. The van der Waals surface area contributed by atoms with Gasteiger partial charge in [0.1, 0.15) is 0 Å². The van der Waals surface area contributed by atoms with Crippen LogP contribution in [0.5, 0.6) is 0 Å². The average molecular weight is 175 g/mol. The normalized spacial score (nSPS) is 15.8. The van der Waals surface area contributed by atoms with Crippen LogP contribution >= 0.6 is 0 Å². The quantitative estimate of drug-likeness (QED) is 0.739. The minimum Gasteiger partial charge on any atom is -0.385 e. The topological polar surface area (TPSA) is 12.0 Å². The Morgan fingerprint density at radius 1 is 1.23 bits per heavy atom. The molecule has 0 spiro atoms. The monoisotopic (exact) mass is 175 g/mol. The summed E-state index contributed by atoms with van der Waals surface area (Å²) in [6, 6.07) is 8.91. The van der Waals surface area contributed by atoms with Gasteiger partial charge in [0.15, 0.2) is 0 Å². The Morgan fingerprint density at radius 2 is 1.92 bits per heavy atom. The Balaban J connectivity index is 1.96. The van der Waals surface area contributed by atoms with Crippen LogP contribution in [0.15, 0.2) is 24.3 Å².